The van der Waals surface area contributed by atoms with Crippen LogP contribution in [0.4, 0.5) is 5.69 Å². The Morgan fingerprint density at radius 2 is 2.06 bits per heavy atom. The molecule has 0 unspecified atom stereocenters. The fourth-order valence-corrected chi connectivity index (χ4v) is 4.00. The minimum absolute atomic E-state index is 0.0850. The Kier molecular flexibility index (Phi) is 6.90. The molecule has 4 rings (SSSR count). The summed E-state index contributed by atoms with van der Waals surface area (Å²) in [6, 6.07) is 5.87. The number of fused-ring (bicyclic) bond motifs is 1. The van der Waals surface area contributed by atoms with Crippen molar-refractivity contribution in [1.82, 2.24) is 14.9 Å². The molecule has 0 aliphatic carbocycles. The average molecular weight is 438 g/mol. The first-order valence-electron chi connectivity index (χ1n) is 11.1. The van der Waals surface area contributed by atoms with E-state index in [0.29, 0.717) is 31.3 Å². The second-order valence-corrected chi connectivity index (χ2v) is 8.45. The number of nitrogens with two attached hydrogens (primary N) is 1. The molecule has 0 radical (unpaired) electrons. The predicted molar refractivity (Wildman–Crippen MR) is 122 cm³/mol. The zero-order chi connectivity index (χ0) is 22.5. The van der Waals surface area contributed by atoms with Crippen LogP contribution in [0, 0.1) is 12.8 Å². The number of rotatable bonds is 6. The van der Waals surface area contributed by atoms with Crippen LogP contribution in [0.1, 0.15) is 36.6 Å². The van der Waals surface area contributed by atoms with Gasteiger partial charge in [-0.05, 0) is 56.4 Å². The molecule has 1 fully saturated rings. The SMILES string of the molecule is C/C(N)=C(\COc1cc2c(cn1)CN(C(=O)C1CCOCC1)CC2)Nc1ccc(C)nc1. The van der Waals surface area contributed by atoms with Gasteiger partial charge in [0.25, 0.3) is 0 Å². The second kappa shape index (κ2) is 9.99. The smallest absolute Gasteiger partial charge is 0.226 e. The number of ether oxygens (including phenoxy) is 2. The summed E-state index contributed by atoms with van der Waals surface area (Å²) < 4.78 is 11.3. The highest BCUT2D eigenvalue weighted by Crippen LogP contribution is 2.25. The summed E-state index contributed by atoms with van der Waals surface area (Å²) in [5.74, 6) is 0.876. The van der Waals surface area contributed by atoms with Crippen LogP contribution in [0.3, 0.4) is 0 Å². The molecule has 0 saturated carbocycles. The van der Waals surface area contributed by atoms with Crippen molar-refractivity contribution in [3.63, 3.8) is 0 Å². The first-order valence-corrected chi connectivity index (χ1v) is 11.1. The van der Waals surface area contributed by atoms with Gasteiger partial charge in [-0.2, -0.15) is 0 Å². The summed E-state index contributed by atoms with van der Waals surface area (Å²) in [5, 5.41) is 3.27. The van der Waals surface area contributed by atoms with E-state index in [9.17, 15) is 4.79 Å². The molecule has 1 saturated heterocycles. The van der Waals surface area contributed by atoms with Crippen LogP contribution in [0.15, 0.2) is 42.0 Å². The fraction of sp³-hybridized carbons (Fsp3) is 0.458. The quantitative estimate of drug-likeness (QED) is 0.716. The van der Waals surface area contributed by atoms with Gasteiger partial charge in [-0.25, -0.2) is 4.98 Å². The van der Waals surface area contributed by atoms with Crippen molar-refractivity contribution in [2.75, 3.05) is 31.7 Å². The van der Waals surface area contributed by atoms with Crippen molar-refractivity contribution in [2.24, 2.45) is 11.7 Å². The number of amides is 1. The van der Waals surface area contributed by atoms with Crippen LogP contribution < -0.4 is 15.8 Å². The molecule has 0 atom stereocenters. The van der Waals surface area contributed by atoms with Crippen LogP contribution in [-0.2, 0) is 22.5 Å². The van der Waals surface area contributed by atoms with Gasteiger partial charge in [-0.1, -0.05) is 0 Å². The standard InChI is InChI=1S/C24H31N5O3/c1-16-3-4-21(13-26-16)28-22(17(2)25)15-32-23-11-19-5-8-29(14-20(19)12-27-23)24(30)18-6-9-31-10-7-18/h3-4,11-13,18,28H,5-10,14-15,25H2,1-2H3/b22-17-. The van der Waals surface area contributed by atoms with Gasteiger partial charge in [-0.15, -0.1) is 0 Å². The molecule has 4 heterocycles. The summed E-state index contributed by atoms with van der Waals surface area (Å²) in [6.45, 7) is 6.73. The number of pyridine rings is 2. The molecule has 2 aliphatic rings. The third-order valence-electron chi connectivity index (χ3n) is 6.00. The van der Waals surface area contributed by atoms with Gasteiger partial charge < -0.3 is 25.4 Å². The topological polar surface area (TPSA) is 103 Å². The third kappa shape index (κ3) is 5.37. The number of nitrogens with one attached hydrogen (secondary N) is 1. The maximum Gasteiger partial charge on any atom is 0.226 e. The molecular formula is C24H31N5O3. The van der Waals surface area contributed by atoms with Crippen molar-refractivity contribution < 1.29 is 14.3 Å². The van der Waals surface area contributed by atoms with Crippen molar-refractivity contribution in [3.05, 3.63) is 58.8 Å². The van der Waals surface area contributed by atoms with Gasteiger partial charge in [0.15, 0.2) is 0 Å². The van der Waals surface area contributed by atoms with E-state index in [0.717, 1.165) is 48.4 Å². The fourth-order valence-electron chi connectivity index (χ4n) is 4.00. The van der Waals surface area contributed by atoms with E-state index in [2.05, 4.69) is 15.3 Å². The van der Waals surface area contributed by atoms with E-state index in [-0.39, 0.29) is 18.4 Å². The Morgan fingerprint density at radius 1 is 1.25 bits per heavy atom. The van der Waals surface area contributed by atoms with E-state index in [1.807, 2.05) is 43.1 Å². The lowest BCUT2D eigenvalue weighted by Crippen LogP contribution is -2.41. The van der Waals surface area contributed by atoms with Gasteiger partial charge in [0.05, 0.1) is 17.6 Å². The molecule has 3 N–H and O–H groups in total. The third-order valence-corrected chi connectivity index (χ3v) is 6.00. The van der Waals surface area contributed by atoms with Gasteiger partial charge >= 0.3 is 0 Å². The molecule has 0 bridgehead atoms. The lowest BCUT2D eigenvalue weighted by Gasteiger charge is -2.33. The Labute approximate surface area is 188 Å². The Bertz CT molecular complexity index is 980. The predicted octanol–water partition coefficient (Wildman–Crippen LogP) is 2.78. The number of aromatic nitrogens is 2. The Morgan fingerprint density at radius 3 is 2.78 bits per heavy atom. The van der Waals surface area contributed by atoms with Gasteiger partial charge in [0.2, 0.25) is 11.8 Å². The summed E-state index contributed by atoms with van der Waals surface area (Å²) in [6.07, 6.45) is 6.02. The number of nitrogens with zero attached hydrogens (tertiary/aromatic N) is 3. The van der Waals surface area contributed by atoms with E-state index < -0.39 is 0 Å². The molecule has 0 aromatic carbocycles. The number of carbonyl (C=O) groups is 1. The monoisotopic (exact) mass is 437 g/mol. The van der Waals surface area contributed by atoms with Crippen LogP contribution in [0.25, 0.3) is 0 Å². The number of hydrogen-bond acceptors (Lipinski definition) is 7. The molecule has 2 aromatic heterocycles. The highest BCUT2D eigenvalue weighted by molar-refractivity contribution is 5.79. The van der Waals surface area contributed by atoms with Crippen LogP contribution in [0.2, 0.25) is 0 Å². The number of anilines is 1. The second-order valence-electron chi connectivity index (χ2n) is 8.45. The molecule has 1 amide bonds. The lowest BCUT2D eigenvalue weighted by molar-refractivity contribution is -0.139. The molecule has 8 nitrogen and oxygen atoms in total. The lowest BCUT2D eigenvalue weighted by atomic mass is 9.96. The van der Waals surface area contributed by atoms with Gasteiger partial charge in [0.1, 0.15) is 6.61 Å². The largest absolute Gasteiger partial charge is 0.471 e. The maximum absolute atomic E-state index is 12.8. The van der Waals surface area contributed by atoms with Crippen LogP contribution >= 0.6 is 0 Å². The molecule has 0 spiro atoms. The Hall–Kier alpha value is -3.13. The van der Waals surface area contributed by atoms with E-state index in [1.54, 1.807) is 6.20 Å². The number of aryl methyl sites for hydroxylation is 1. The maximum atomic E-state index is 12.8. The first kappa shape index (κ1) is 22.1. The van der Waals surface area contributed by atoms with E-state index in [4.69, 9.17) is 15.2 Å². The summed E-state index contributed by atoms with van der Waals surface area (Å²) in [7, 11) is 0. The van der Waals surface area contributed by atoms with Crippen molar-refractivity contribution in [2.45, 2.75) is 39.7 Å². The molecule has 8 heteroatoms. The molecule has 2 aromatic rings. The zero-order valence-electron chi connectivity index (χ0n) is 18.8. The molecule has 2 aliphatic heterocycles. The number of allylic oxidation sites excluding steroid dienone is 1. The normalized spacial score (nSPS) is 17.4. The highest BCUT2D eigenvalue weighted by Gasteiger charge is 2.29. The number of hydrogen-bond donors (Lipinski definition) is 2. The van der Waals surface area contributed by atoms with Gasteiger partial charge in [-0.3, -0.25) is 9.78 Å². The molecule has 32 heavy (non-hydrogen) atoms. The average Bonchev–Trinajstić information content (AvgIpc) is 2.82. The zero-order valence-corrected chi connectivity index (χ0v) is 18.8. The Balaban J connectivity index is 1.36. The van der Waals surface area contributed by atoms with Crippen molar-refractivity contribution >= 4 is 11.6 Å². The summed E-state index contributed by atoms with van der Waals surface area (Å²) in [4.78, 5) is 23.6. The molecular weight excluding hydrogens is 406 g/mol. The van der Waals surface area contributed by atoms with E-state index in [1.165, 1.54) is 5.56 Å². The first-order chi connectivity index (χ1) is 15.5. The van der Waals surface area contributed by atoms with Crippen molar-refractivity contribution in [3.8, 4) is 5.88 Å². The van der Waals surface area contributed by atoms with E-state index >= 15 is 0 Å². The molecule has 170 valence electrons. The highest BCUT2D eigenvalue weighted by atomic mass is 16.5. The minimum Gasteiger partial charge on any atom is -0.471 e. The van der Waals surface area contributed by atoms with Crippen LogP contribution in [-0.4, -0.2) is 47.1 Å². The van der Waals surface area contributed by atoms with Crippen molar-refractivity contribution in [1.29, 1.82) is 0 Å². The summed E-state index contributed by atoms with van der Waals surface area (Å²) >= 11 is 0. The van der Waals surface area contributed by atoms with Crippen LogP contribution in [0.5, 0.6) is 5.88 Å². The minimum atomic E-state index is 0.0850. The van der Waals surface area contributed by atoms with Gasteiger partial charge in [0, 0.05) is 55.9 Å². The number of carbonyl (C=O) groups excluding carboxylic acids is 1. The summed E-state index contributed by atoms with van der Waals surface area (Å²) in [5.41, 5.74) is 11.5.